The Hall–Kier alpha value is -4.45. The zero-order valence-corrected chi connectivity index (χ0v) is 21.7. The van der Waals surface area contributed by atoms with Crippen LogP contribution in [-0.4, -0.2) is 64.5 Å². The van der Waals surface area contributed by atoms with Gasteiger partial charge in [0, 0.05) is 47.7 Å². The fourth-order valence-corrected chi connectivity index (χ4v) is 3.85. The van der Waals surface area contributed by atoms with Gasteiger partial charge in [-0.05, 0) is 48.0 Å². The van der Waals surface area contributed by atoms with Crippen LogP contribution in [0.5, 0.6) is 0 Å². The molecule has 0 radical (unpaired) electrons. The number of amides is 3. The van der Waals surface area contributed by atoms with Gasteiger partial charge in [-0.15, -0.1) is 0 Å². The smallest absolute Gasteiger partial charge is 0.475 e. The van der Waals surface area contributed by atoms with Crippen molar-refractivity contribution < 1.29 is 37.5 Å². The van der Waals surface area contributed by atoms with Crippen molar-refractivity contribution >= 4 is 41.0 Å². The van der Waals surface area contributed by atoms with E-state index in [-0.39, 0.29) is 37.4 Å². The molecule has 210 valence electrons. The number of halogens is 4. The minimum atomic E-state index is -5.08. The molecule has 1 aliphatic heterocycles. The number of benzene rings is 2. The number of nitrogens with one attached hydrogen (secondary N) is 1. The number of aromatic nitrogens is 1. The summed E-state index contributed by atoms with van der Waals surface area (Å²) in [6.07, 6.45) is -2.78. The Morgan fingerprint density at radius 2 is 1.62 bits per heavy atom. The van der Waals surface area contributed by atoms with Gasteiger partial charge in [0.1, 0.15) is 13.1 Å². The lowest BCUT2D eigenvalue weighted by Crippen LogP contribution is -2.45. The highest BCUT2D eigenvalue weighted by molar-refractivity contribution is 6.30. The number of hydrogen-bond donors (Lipinski definition) is 2. The van der Waals surface area contributed by atoms with E-state index in [1.54, 1.807) is 36.5 Å². The molecule has 4 rings (SSSR count). The third-order valence-electron chi connectivity index (χ3n) is 5.62. The molecule has 1 aromatic heterocycles. The van der Waals surface area contributed by atoms with Crippen LogP contribution in [0.2, 0.25) is 5.02 Å². The van der Waals surface area contributed by atoms with E-state index in [0.717, 1.165) is 11.3 Å². The zero-order chi connectivity index (χ0) is 29.3. The van der Waals surface area contributed by atoms with Gasteiger partial charge >= 0.3 is 12.1 Å². The molecule has 0 unspecified atom stereocenters. The number of aliphatic carboxylic acids is 1. The number of carboxylic acid groups (broad SMARTS) is 1. The lowest BCUT2D eigenvalue weighted by molar-refractivity contribution is -0.192. The van der Waals surface area contributed by atoms with Crippen LogP contribution in [0.3, 0.4) is 0 Å². The molecule has 2 aromatic carbocycles. The van der Waals surface area contributed by atoms with E-state index in [1.165, 1.54) is 9.80 Å². The zero-order valence-electron chi connectivity index (χ0n) is 20.9. The molecule has 0 fully saturated rings. The second-order valence-corrected chi connectivity index (χ2v) is 8.94. The molecule has 0 atom stereocenters. The minimum absolute atomic E-state index is 0.124. The van der Waals surface area contributed by atoms with E-state index in [0.29, 0.717) is 29.2 Å². The maximum atomic E-state index is 13.1. The molecule has 0 aliphatic carbocycles. The standard InChI is InChI=1S/C25H23ClN4O3.C2HF3O2/c26-20-10-8-18(9-11-20)25(33)29-15-19-5-1-2-7-22(19)30(24(32)17-29)16-23(31)28-14-12-21-6-3-4-13-27-21;3-2(4,5)1(6)7/h1-11,13H,12,14-17H2,(H,28,31);(H,6,7). The predicted molar refractivity (Wildman–Crippen MR) is 140 cm³/mol. The van der Waals surface area contributed by atoms with Gasteiger partial charge in [0.25, 0.3) is 5.91 Å². The maximum absolute atomic E-state index is 13.1. The lowest BCUT2D eigenvalue weighted by atomic mass is 10.1. The first kappa shape index (κ1) is 30.1. The third kappa shape index (κ3) is 8.53. The normalized spacial score (nSPS) is 12.9. The molecular formula is C27H24ClF3N4O5. The number of rotatable bonds is 6. The molecule has 3 aromatic rings. The first-order valence-electron chi connectivity index (χ1n) is 11.9. The number of carbonyl (C=O) groups is 4. The molecule has 1 aliphatic rings. The van der Waals surface area contributed by atoms with Crippen LogP contribution in [0.4, 0.5) is 18.9 Å². The van der Waals surface area contributed by atoms with Crippen molar-refractivity contribution in [2.75, 3.05) is 24.5 Å². The quantitative estimate of drug-likeness (QED) is 0.462. The Morgan fingerprint density at radius 1 is 0.975 bits per heavy atom. The first-order chi connectivity index (χ1) is 19.0. The van der Waals surface area contributed by atoms with Gasteiger partial charge in [0.2, 0.25) is 11.8 Å². The van der Waals surface area contributed by atoms with Crippen LogP contribution in [-0.2, 0) is 27.3 Å². The molecule has 0 saturated carbocycles. The van der Waals surface area contributed by atoms with E-state index in [9.17, 15) is 27.6 Å². The number of carboxylic acids is 1. The van der Waals surface area contributed by atoms with Gasteiger partial charge in [0.05, 0.1) is 0 Å². The summed E-state index contributed by atoms with van der Waals surface area (Å²) in [5.41, 5.74) is 2.76. The fraction of sp³-hybridized carbons (Fsp3) is 0.222. The van der Waals surface area contributed by atoms with Gasteiger partial charge in [0.15, 0.2) is 0 Å². The van der Waals surface area contributed by atoms with Crippen LogP contribution < -0.4 is 10.2 Å². The molecule has 40 heavy (non-hydrogen) atoms. The van der Waals surface area contributed by atoms with Crippen LogP contribution in [0, 0.1) is 0 Å². The minimum Gasteiger partial charge on any atom is -0.475 e. The van der Waals surface area contributed by atoms with Crippen molar-refractivity contribution in [2.24, 2.45) is 0 Å². The summed E-state index contributed by atoms with van der Waals surface area (Å²) in [4.78, 5) is 54.9. The Bertz CT molecular complexity index is 1350. The van der Waals surface area contributed by atoms with Crippen molar-refractivity contribution in [1.29, 1.82) is 0 Å². The summed E-state index contributed by atoms with van der Waals surface area (Å²) in [5, 5.41) is 10.5. The summed E-state index contributed by atoms with van der Waals surface area (Å²) >= 11 is 5.93. The van der Waals surface area contributed by atoms with E-state index in [1.807, 2.05) is 36.4 Å². The third-order valence-corrected chi connectivity index (χ3v) is 5.87. The van der Waals surface area contributed by atoms with Gasteiger partial charge in [-0.1, -0.05) is 35.9 Å². The van der Waals surface area contributed by atoms with Gasteiger partial charge in [-0.25, -0.2) is 4.79 Å². The summed E-state index contributed by atoms with van der Waals surface area (Å²) < 4.78 is 31.7. The molecule has 3 amide bonds. The second kappa shape index (κ2) is 13.6. The number of pyridine rings is 1. The molecule has 0 saturated heterocycles. The first-order valence-corrected chi connectivity index (χ1v) is 12.2. The highest BCUT2D eigenvalue weighted by Gasteiger charge is 2.38. The Kier molecular flexibility index (Phi) is 10.2. The summed E-state index contributed by atoms with van der Waals surface area (Å²) in [6, 6.07) is 19.5. The molecule has 0 spiro atoms. The predicted octanol–water partition coefficient (Wildman–Crippen LogP) is 3.72. The molecule has 9 nitrogen and oxygen atoms in total. The van der Waals surface area contributed by atoms with Crippen molar-refractivity contribution in [3.8, 4) is 0 Å². The largest absolute Gasteiger partial charge is 0.490 e. The lowest BCUT2D eigenvalue weighted by Gasteiger charge is -2.22. The number of hydrogen-bond acceptors (Lipinski definition) is 5. The monoisotopic (exact) mass is 576 g/mol. The highest BCUT2D eigenvalue weighted by atomic mass is 35.5. The van der Waals surface area contributed by atoms with Gasteiger partial charge in [-0.2, -0.15) is 13.2 Å². The number of alkyl halides is 3. The second-order valence-electron chi connectivity index (χ2n) is 8.50. The molecular weight excluding hydrogens is 553 g/mol. The van der Waals surface area contributed by atoms with Crippen LogP contribution in [0.1, 0.15) is 21.6 Å². The van der Waals surface area contributed by atoms with Crippen molar-refractivity contribution in [3.05, 3.63) is 94.8 Å². The average molecular weight is 577 g/mol. The molecule has 2 heterocycles. The van der Waals surface area contributed by atoms with Crippen LogP contribution in [0.25, 0.3) is 0 Å². The molecule has 13 heteroatoms. The Labute approximate surface area is 232 Å². The summed E-state index contributed by atoms with van der Waals surface area (Å²) in [7, 11) is 0. The fourth-order valence-electron chi connectivity index (χ4n) is 3.72. The number of fused-ring (bicyclic) bond motifs is 1. The average Bonchev–Trinajstić information content (AvgIpc) is 3.05. The maximum Gasteiger partial charge on any atom is 0.490 e. The van der Waals surface area contributed by atoms with Crippen molar-refractivity contribution in [2.45, 2.75) is 19.1 Å². The number of para-hydroxylation sites is 1. The summed E-state index contributed by atoms with van der Waals surface area (Å²) in [6.45, 7) is 0.431. The molecule has 0 bridgehead atoms. The molecule has 2 N–H and O–H groups in total. The summed E-state index contributed by atoms with van der Waals surface area (Å²) in [5.74, 6) is -3.61. The van der Waals surface area contributed by atoms with E-state index in [4.69, 9.17) is 21.5 Å². The van der Waals surface area contributed by atoms with E-state index in [2.05, 4.69) is 10.3 Å². The van der Waals surface area contributed by atoms with Crippen molar-refractivity contribution in [3.63, 3.8) is 0 Å². The van der Waals surface area contributed by atoms with Gasteiger partial charge in [-0.3, -0.25) is 19.4 Å². The van der Waals surface area contributed by atoms with Gasteiger partial charge < -0.3 is 20.2 Å². The Morgan fingerprint density at radius 3 is 2.25 bits per heavy atom. The van der Waals surface area contributed by atoms with E-state index < -0.39 is 12.1 Å². The van der Waals surface area contributed by atoms with Crippen molar-refractivity contribution in [1.82, 2.24) is 15.2 Å². The van der Waals surface area contributed by atoms with E-state index >= 15 is 0 Å². The number of nitrogens with zero attached hydrogens (tertiary/aromatic N) is 3. The van der Waals surface area contributed by atoms with Crippen LogP contribution >= 0.6 is 11.6 Å². The highest BCUT2D eigenvalue weighted by Crippen LogP contribution is 2.26. The Balaban J connectivity index is 0.000000559. The topological polar surface area (TPSA) is 120 Å². The number of anilines is 1. The van der Waals surface area contributed by atoms with Crippen LogP contribution in [0.15, 0.2) is 72.9 Å². The number of carbonyl (C=O) groups excluding carboxylic acids is 3. The SMILES string of the molecule is O=C(CN1C(=O)CN(C(=O)c2ccc(Cl)cc2)Cc2ccccc21)NCCc1ccccn1.O=C(O)C(F)(F)F.